The lowest BCUT2D eigenvalue weighted by Crippen LogP contribution is -2.50. The number of nitrogens with zero attached hydrogens (tertiary/aromatic N) is 1. The monoisotopic (exact) mass is 566 g/mol. The minimum Gasteiger partial charge on any atom is -0.493 e. The fourth-order valence-electron chi connectivity index (χ4n) is 4.96. The molecule has 0 aliphatic carbocycles. The second-order valence-corrected chi connectivity index (χ2v) is 9.98. The number of benzene rings is 4. The molecule has 4 aromatic carbocycles. The number of rotatable bonds is 12. The van der Waals surface area contributed by atoms with Crippen LogP contribution in [0.2, 0.25) is 0 Å². The van der Waals surface area contributed by atoms with E-state index in [4.69, 9.17) is 18.9 Å². The number of carbonyl (C=O) groups is 2. The summed E-state index contributed by atoms with van der Waals surface area (Å²) < 4.78 is 21.7. The fraction of sp³-hybridized carbons (Fsp3) is 0.235. The highest BCUT2D eigenvalue weighted by Crippen LogP contribution is 2.32. The SMILES string of the molecule is COc1ccc(CC(=O)N(Cc2ccccc2)C(Cc2ccccc2)C(=O)NCc2ccc3c(c2)OCO3)cc1OC. The zero-order chi connectivity index (χ0) is 29.3. The summed E-state index contributed by atoms with van der Waals surface area (Å²) in [7, 11) is 3.13. The molecule has 8 heteroatoms. The predicted molar refractivity (Wildman–Crippen MR) is 159 cm³/mol. The van der Waals surface area contributed by atoms with Crippen LogP contribution in [0.4, 0.5) is 0 Å². The van der Waals surface area contributed by atoms with Gasteiger partial charge in [0.1, 0.15) is 6.04 Å². The van der Waals surface area contributed by atoms with E-state index in [1.54, 1.807) is 31.3 Å². The summed E-state index contributed by atoms with van der Waals surface area (Å²) in [5, 5.41) is 3.06. The maximum absolute atomic E-state index is 14.1. The van der Waals surface area contributed by atoms with E-state index in [0.717, 1.165) is 22.3 Å². The zero-order valence-corrected chi connectivity index (χ0v) is 23.7. The van der Waals surface area contributed by atoms with Gasteiger partial charge in [-0.25, -0.2) is 0 Å². The van der Waals surface area contributed by atoms with Crippen molar-refractivity contribution >= 4 is 11.8 Å². The topological polar surface area (TPSA) is 86.3 Å². The van der Waals surface area contributed by atoms with Crippen molar-refractivity contribution in [1.29, 1.82) is 0 Å². The van der Waals surface area contributed by atoms with Crippen molar-refractivity contribution in [3.63, 3.8) is 0 Å². The molecular formula is C34H34N2O6. The first-order valence-corrected chi connectivity index (χ1v) is 13.8. The van der Waals surface area contributed by atoms with Crippen molar-refractivity contribution in [2.24, 2.45) is 0 Å². The normalized spacial score (nSPS) is 12.3. The van der Waals surface area contributed by atoms with Crippen LogP contribution in [0.5, 0.6) is 23.0 Å². The maximum atomic E-state index is 14.1. The largest absolute Gasteiger partial charge is 0.493 e. The lowest BCUT2D eigenvalue weighted by Gasteiger charge is -2.32. The Balaban J connectivity index is 1.43. The van der Waals surface area contributed by atoms with Gasteiger partial charge in [-0.1, -0.05) is 72.8 Å². The Morgan fingerprint density at radius 2 is 1.43 bits per heavy atom. The summed E-state index contributed by atoms with van der Waals surface area (Å²) in [6.45, 7) is 0.743. The van der Waals surface area contributed by atoms with Crippen molar-refractivity contribution in [3.05, 3.63) is 119 Å². The van der Waals surface area contributed by atoms with E-state index < -0.39 is 6.04 Å². The molecule has 0 bridgehead atoms. The van der Waals surface area contributed by atoms with E-state index in [1.165, 1.54) is 0 Å². The molecular weight excluding hydrogens is 532 g/mol. The molecule has 2 amide bonds. The highest BCUT2D eigenvalue weighted by Gasteiger charge is 2.30. The summed E-state index contributed by atoms with van der Waals surface area (Å²) in [4.78, 5) is 29.7. The zero-order valence-electron chi connectivity index (χ0n) is 23.7. The van der Waals surface area contributed by atoms with Crippen LogP contribution < -0.4 is 24.3 Å². The van der Waals surface area contributed by atoms with Crippen LogP contribution in [0.25, 0.3) is 0 Å². The first kappa shape index (κ1) is 28.5. The van der Waals surface area contributed by atoms with E-state index in [0.29, 0.717) is 29.4 Å². The third kappa shape index (κ3) is 7.01. The molecule has 1 atom stereocenters. The first-order valence-electron chi connectivity index (χ1n) is 13.8. The number of nitrogens with one attached hydrogen (secondary N) is 1. The molecule has 42 heavy (non-hydrogen) atoms. The van der Waals surface area contributed by atoms with Gasteiger partial charge in [-0.05, 0) is 46.5 Å². The van der Waals surface area contributed by atoms with Gasteiger partial charge in [0.05, 0.1) is 20.6 Å². The molecule has 0 fully saturated rings. The van der Waals surface area contributed by atoms with Crippen LogP contribution in [0.1, 0.15) is 22.3 Å². The molecule has 0 saturated carbocycles. The summed E-state index contributed by atoms with van der Waals surface area (Å²) in [6.07, 6.45) is 0.451. The summed E-state index contributed by atoms with van der Waals surface area (Å²) in [5.41, 5.74) is 3.52. The van der Waals surface area contributed by atoms with Crippen LogP contribution in [0.3, 0.4) is 0 Å². The third-order valence-corrected chi connectivity index (χ3v) is 7.17. The number of ether oxygens (including phenoxy) is 4. The highest BCUT2D eigenvalue weighted by atomic mass is 16.7. The van der Waals surface area contributed by atoms with Crippen LogP contribution in [-0.4, -0.2) is 43.8 Å². The predicted octanol–water partition coefficient (Wildman–Crippen LogP) is 4.93. The lowest BCUT2D eigenvalue weighted by atomic mass is 10.0. The molecule has 216 valence electrons. The van der Waals surface area contributed by atoms with Gasteiger partial charge in [-0.15, -0.1) is 0 Å². The fourth-order valence-corrected chi connectivity index (χ4v) is 4.96. The molecule has 1 heterocycles. The Hall–Kier alpha value is -4.98. The Morgan fingerprint density at radius 1 is 0.762 bits per heavy atom. The molecule has 0 radical (unpaired) electrons. The minimum absolute atomic E-state index is 0.0912. The molecule has 1 unspecified atom stereocenters. The Kier molecular flexibility index (Phi) is 9.23. The van der Waals surface area contributed by atoms with Crippen LogP contribution in [0, 0.1) is 0 Å². The van der Waals surface area contributed by atoms with Crippen LogP contribution in [-0.2, 0) is 35.5 Å². The Morgan fingerprint density at radius 3 is 2.14 bits per heavy atom. The van der Waals surface area contributed by atoms with E-state index in [2.05, 4.69) is 5.32 Å². The van der Waals surface area contributed by atoms with Gasteiger partial charge in [0.25, 0.3) is 0 Å². The number of amides is 2. The Labute approximate surface area is 245 Å². The van der Waals surface area contributed by atoms with E-state index in [-0.39, 0.29) is 38.1 Å². The van der Waals surface area contributed by atoms with E-state index in [9.17, 15) is 9.59 Å². The summed E-state index contributed by atoms with van der Waals surface area (Å²) >= 11 is 0. The van der Waals surface area contributed by atoms with E-state index in [1.807, 2.05) is 84.9 Å². The number of methoxy groups -OCH3 is 2. The molecule has 4 aromatic rings. The minimum atomic E-state index is -0.755. The van der Waals surface area contributed by atoms with Crippen molar-refractivity contribution in [3.8, 4) is 23.0 Å². The molecule has 1 N–H and O–H groups in total. The van der Waals surface area contributed by atoms with Gasteiger partial charge >= 0.3 is 0 Å². The first-order chi connectivity index (χ1) is 20.5. The second kappa shape index (κ2) is 13.6. The van der Waals surface area contributed by atoms with Gasteiger partial charge in [0, 0.05) is 19.5 Å². The molecule has 0 spiro atoms. The average molecular weight is 567 g/mol. The Bertz CT molecular complexity index is 1510. The summed E-state index contributed by atoms with van der Waals surface area (Å²) in [6, 6.07) is 29.7. The number of hydrogen-bond acceptors (Lipinski definition) is 6. The van der Waals surface area contributed by atoms with Gasteiger partial charge in [0.2, 0.25) is 18.6 Å². The van der Waals surface area contributed by atoms with Gasteiger partial charge in [-0.3, -0.25) is 9.59 Å². The third-order valence-electron chi connectivity index (χ3n) is 7.17. The molecule has 1 aliphatic rings. The van der Waals surface area contributed by atoms with Crippen LogP contribution >= 0.6 is 0 Å². The maximum Gasteiger partial charge on any atom is 0.243 e. The number of fused-ring (bicyclic) bond motifs is 1. The van der Waals surface area contributed by atoms with Gasteiger partial charge < -0.3 is 29.2 Å². The van der Waals surface area contributed by atoms with Crippen molar-refractivity contribution in [1.82, 2.24) is 10.2 Å². The standard InChI is InChI=1S/C34H34N2O6/c1-39-29-15-13-26(18-31(29)40-2)20-33(37)36(22-25-11-7-4-8-12-25)28(17-24-9-5-3-6-10-24)34(38)35-21-27-14-16-30-32(19-27)42-23-41-30/h3-16,18-19,28H,17,20-23H2,1-2H3,(H,35,38). The van der Waals surface area contributed by atoms with Crippen molar-refractivity contribution in [2.75, 3.05) is 21.0 Å². The highest BCUT2D eigenvalue weighted by molar-refractivity contribution is 5.89. The van der Waals surface area contributed by atoms with Crippen LogP contribution in [0.15, 0.2) is 97.1 Å². The van der Waals surface area contributed by atoms with Crippen molar-refractivity contribution in [2.45, 2.75) is 32.0 Å². The van der Waals surface area contributed by atoms with E-state index >= 15 is 0 Å². The van der Waals surface area contributed by atoms with Crippen molar-refractivity contribution < 1.29 is 28.5 Å². The summed E-state index contributed by atoms with van der Waals surface area (Å²) in [5.74, 6) is 2.04. The molecule has 5 rings (SSSR count). The quantitative estimate of drug-likeness (QED) is 0.262. The average Bonchev–Trinajstić information content (AvgIpc) is 3.50. The molecule has 0 saturated heterocycles. The number of carbonyl (C=O) groups excluding carboxylic acids is 2. The number of hydrogen-bond donors (Lipinski definition) is 1. The second-order valence-electron chi connectivity index (χ2n) is 9.98. The molecule has 8 nitrogen and oxygen atoms in total. The lowest BCUT2D eigenvalue weighted by molar-refractivity contribution is -0.140. The molecule has 1 aliphatic heterocycles. The van der Waals surface area contributed by atoms with Gasteiger partial charge in [-0.2, -0.15) is 0 Å². The van der Waals surface area contributed by atoms with Gasteiger partial charge in [0.15, 0.2) is 23.0 Å². The molecule has 0 aromatic heterocycles. The smallest absolute Gasteiger partial charge is 0.243 e.